The molecule has 0 spiro atoms. The van der Waals surface area contributed by atoms with Gasteiger partial charge in [-0.3, -0.25) is 4.79 Å². The van der Waals surface area contributed by atoms with Gasteiger partial charge in [0.1, 0.15) is 5.82 Å². The van der Waals surface area contributed by atoms with Crippen molar-refractivity contribution in [3.05, 3.63) is 35.1 Å². The zero-order valence-corrected chi connectivity index (χ0v) is 12.5. The maximum atomic E-state index is 13.8. The molecule has 1 amide bonds. The number of carbonyl (C=O) groups is 1. The van der Waals surface area contributed by atoms with Gasteiger partial charge in [0.25, 0.3) is 5.91 Å². The van der Waals surface area contributed by atoms with E-state index >= 15 is 0 Å². The van der Waals surface area contributed by atoms with Crippen LogP contribution in [0.3, 0.4) is 0 Å². The van der Waals surface area contributed by atoms with Crippen LogP contribution in [0.5, 0.6) is 0 Å². The zero-order chi connectivity index (χ0) is 16.9. The van der Waals surface area contributed by atoms with Gasteiger partial charge in [0.2, 0.25) is 0 Å². The molecule has 0 radical (unpaired) electrons. The number of carbonyl (C=O) groups excluding carboxylic acids is 1. The first kappa shape index (κ1) is 17.7. The lowest BCUT2D eigenvalue weighted by molar-refractivity contribution is -0.140. The van der Waals surface area contributed by atoms with Crippen LogP contribution >= 0.6 is 0 Å². The largest absolute Gasteiger partial charge is 0.419 e. The van der Waals surface area contributed by atoms with E-state index < -0.39 is 29.0 Å². The highest BCUT2D eigenvalue weighted by atomic mass is 19.4. The van der Waals surface area contributed by atoms with E-state index in [1.807, 2.05) is 0 Å². The Balaban J connectivity index is 1.86. The third kappa shape index (κ3) is 4.90. The second-order valence-electron chi connectivity index (χ2n) is 5.37. The molecule has 128 valence electrons. The summed E-state index contributed by atoms with van der Waals surface area (Å²) >= 11 is 0. The van der Waals surface area contributed by atoms with Gasteiger partial charge in [-0.25, -0.2) is 4.39 Å². The normalized spacial score (nSPS) is 16.3. The first-order chi connectivity index (χ1) is 10.9. The minimum Gasteiger partial charge on any atom is -0.352 e. The van der Waals surface area contributed by atoms with E-state index in [-0.39, 0.29) is 0 Å². The first-order valence-electron chi connectivity index (χ1n) is 7.46. The Bertz CT molecular complexity index is 542. The van der Waals surface area contributed by atoms with Gasteiger partial charge in [0.05, 0.1) is 11.1 Å². The van der Waals surface area contributed by atoms with E-state index in [1.165, 1.54) is 0 Å². The summed E-state index contributed by atoms with van der Waals surface area (Å²) in [7, 11) is 0. The molecule has 0 unspecified atom stereocenters. The van der Waals surface area contributed by atoms with Crippen molar-refractivity contribution < 1.29 is 22.4 Å². The average Bonchev–Trinajstić information content (AvgIpc) is 2.51. The third-order valence-corrected chi connectivity index (χ3v) is 3.70. The topological polar surface area (TPSA) is 44.4 Å². The molecule has 1 aromatic rings. The molecule has 0 atom stereocenters. The van der Waals surface area contributed by atoms with E-state index in [2.05, 4.69) is 15.5 Å². The average molecular weight is 333 g/mol. The van der Waals surface area contributed by atoms with Gasteiger partial charge in [0.15, 0.2) is 0 Å². The Labute approximate surface area is 131 Å². The SMILES string of the molecule is O=C(NCCCN1CCNCC1)c1cccc(C(F)(F)F)c1F. The van der Waals surface area contributed by atoms with Gasteiger partial charge in [-0.15, -0.1) is 0 Å². The molecule has 1 aliphatic rings. The number of nitrogens with zero attached hydrogens (tertiary/aromatic N) is 1. The third-order valence-electron chi connectivity index (χ3n) is 3.70. The van der Waals surface area contributed by atoms with E-state index in [0.29, 0.717) is 19.0 Å². The van der Waals surface area contributed by atoms with Gasteiger partial charge in [-0.2, -0.15) is 13.2 Å². The Morgan fingerprint density at radius 2 is 1.96 bits per heavy atom. The zero-order valence-electron chi connectivity index (χ0n) is 12.5. The highest BCUT2D eigenvalue weighted by molar-refractivity contribution is 5.94. The van der Waals surface area contributed by atoms with Crippen molar-refractivity contribution in [2.24, 2.45) is 0 Å². The molecule has 0 saturated carbocycles. The van der Waals surface area contributed by atoms with Crippen molar-refractivity contribution in [3.63, 3.8) is 0 Å². The maximum absolute atomic E-state index is 13.8. The number of rotatable bonds is 5. The molecule has 4 nitrogen and oxygen atoms in total. The van der Waals surface area contributed by atoms with E-state index in [9.17, 15) is 22.4 Å². The molecule has 0 bridgehead atoms. The number of amides is 1. The summed E-state index contributed by atoms with van der Waals surface area (Å²) in [6.45, 7) is 4.77. The predicted molar refractivity (Wildman–Crippen MR) is 77.7 cm³/mol. The van der Waals surface area contributed by atoms with E-state index in [4.69, 9.17) is 0 Å². The predicted octanol–water partition coefficient (Wildman–Crippen LogP) is 1.87. The minimum atomic E-state index is -4.82. The van der Waals surface area contributed by atoms with Crippen LogP contribution in [-0.4, -0.2) is 50.1 Å². The molecule has 2 rings (SSSR count). The van der Waals surface area contributed by atoms with Gasteiger partial charge < -0.3 is 15.5 Å². The molecule has 1 fully saturated rings. The number of nitrogens with one attached hydrogen (secondary N) is 2. The lowest BCUT2D eigenvalue weighted by Gasteiger charge is -2.27. The van der Waals surface area contributed by atoms with Crippen LogP contribution in [0.2, 0.25) is 0 Å². The summed E-state index contributed by atoms with van der Waals surface area (Å²) in [6, 6.07) is 2.70. The van der Waals surface area contributed by atoms with Crippen LogP contribution in [0.1, 0.15) is 22.3 Å². The maximum Gasteiger partial charge on any atom is 0.419 e. The van der Waals surface area contributed by atoms with Crippen LogP contribution in [0.15, 0.2) is 18.2 Å². The molecule has 8 heteroatoms. The fraction of sp³-hybridized carbons (Fsp3) is 0.533. The van der Waals surface area contributed by atoms with Crippen LogP contribution in [0.25, 0.3) is 0 Å². The van der Waals surface area contributed by atoms with Gasteiger partial charge in [0, 0.05) is 32.7 Å². The molecular formula is C15H19F4N3O. The fourth-order valence-corrected chi connectivity index (χ4v) is 2.46. The minimum absolute atomic E-state index is 0.290. The molecule has 0 aromatic heterocycles. The van der Waals surface area contributed by atoms with Crippen molar-refractivity contribution in [1.82, 2.24) is 15.5 Å². The number of halogens is 4. The lowest BCUT2D eigenvalue weighted by Crippen LogP contribution is -2.44. The molecular weight excluding hydrogens is 314 g/mol. The van der Waals surface area contributed by atoms with Crippen LogP contribution in [0, 0.1) is 5.82 Å². The van der Waals surface area contributed by atoms with Crippen LogP contribution < -0.4 is 10.6 Å². The second-order valence-corrected chi connectivity index (χ2v) is 5.37. The van der Waals surface area contributed by atoms with E-state index in [1.54, 1.807) is 0 Å². The van der Waals surface area contributed by atoms with Gasteiger partial charge in [-0.05, 0) is 25.1 Å². The van der Waals surface area contributed by atoms with Gasteiger partial charge in [-0.1, -0.05) is 6.07 Å². The molecule has 23 heavy (non-hydrogen) atoms. The molecule has 1 saturated heterocycles. The molecule has 1 aromatic carbocycles. The highest BCUT2D eigenvalue weighted by Gasteiger charge is 2.35. The summed E-state index contributed by atoms with van der Waals surface area (Å²) in [4.78, 5) is 14.1. The summed E-state index contributed by atoms with van der Waals surface area (Å²) < 4.78 is 51.7. The molecule has 2 N–H and O–H groups in total. The van der Waals surface area contributed by atoms with Crippen molar-refractivity contribution >= 4 is 5.91 Å². The number of piperazine rings is 1. The number of benzene rings is 1. The quantitative estimate of drug-likeness (QED) is 0.639. The van der Waals surface area contributed by atoms with Crippen LogP contribution in [-0.2, 0) is 6.18 Å². The summed E-state index contributed by atoms with van der Waals surface area (Å²) in [5.41, 5.74) is -2.01. The molecule has 1 heterocycles. The monoisotopic (exact) mass is 333 g/mol. The van der Waals surface area contributed by atoms with Crippen molar-refractivity contribution in [2.45, 2.75) is 12.6 Å². The highest BCUT2D eigenvalue weighted by Crippen LogP contribution is 2.32. The van der Waals surface area contributed by atoms with Crippen molar-refractivity contribution in [3.8, 4) is 0 Å². The number of alkyl halides is 3. The Morgan fingerprint density at radius 1 is 1.26 bits per heavy atom. The number of hydrogen-bond acceptors (Lipinski definition) is 3. The number of hydrogen-bond donors (Lipinski definition) is 2. The van der Waals surface area contributed by atoms with Crippen molar-refractivity contribution in [1.29, 1.82) is 0 Å². The Hall–Kier alpha value is -1.67. The summed E-state index contributed by atoms with van der Waals surface area (Å²) in [5.74, 6) is -2.35. The smallest absolute Gasteiger partial charge is 0.352 e. The Kier molecular flexibility index (Phi) is 5.95. The first-order valence-corrected chi connectivity index (χ1v) is 7.46. The van der Waals surface area contributed by atoms with Gasteiger partial charge >= 0.3 is 6.18 Å². The van der Waals surface area contributed by atoms with E-state index in [0.717, 1.165) is 44.9 Å². The Morgan fingerprint density at radius 3 is 2.61 bits per heavy atom. The van der Waals surface area contributed by atoms with Crippen LogP contribution in [0.4, 0.5) is 17.6 Å². The molecule has 1 aliphatic heterocycles. The fourth-order valence-electron chi connectivity index (χ4n) is 2.46. The van der Waals surface area contributed by atoms with Crippen molar-refractivity contribution in [2.75, 3.05) is 39.3 Å². The second kappa shape index (κ2) is 7.74. The summed E-state index contributed by atoms with van der Waals surface area (Å²) in [6.07, 6.45) is -4.16. The standard InChI is InChI=1S/C15H19F4N3O/c16-13-11(3-1-4-12(13)15(17,18)19)14(23)21-5-2-8-22-9-6-20-7-10-22/h1,3-4,20H,2,5-10H2,(H,21,23). The summed E-state index contributed by atoms with van der Waals surface area (Å²) in [5, 5.41) is 5.69. The molecule has 0 aliphatic carbocycles. The lowest BCUT2D eigenvalue weighted by atomic mass is 10.1.